The van der Waals surface area contributed by atoms with Gasteiger partial charge in [-0.1, -0.05) is 42.8 Å². The fourth-order valence-corrected chi connectivity index (χ4v) is 4.66. The Labute approximate surface area is 164 Å². The largest absolute Gasteiger partial charge is 0.476 e. The van der Waals surface area contributed by atoms with Crippen LogP contribution in [0.1, 0.15) is 18.9 Å². The molecule has 1 aliphatic heterocycles. The lowest BCUT2D eigenvalue weighted by atomic mass is 10.2. The van der Waals surface area contributed by atoms with Crippen molar-refractivity contribution in [2.24, 2.45) is 0 Å². The number of benzene rings is 2. The Morgan fingerprint density at radius 1 is 1.26 bits per heavy atom. The predicted molar refractivity (Wildman–Crippen MR) is 106 cm³/mol. The Kier molecular flexibility index (Phi) is 5.92. The SMILES string of the molecule is CCCNC(=O)C1CN(S(=O)(=O)Cc2cccc(Cl)c2)c2ccccc2O1. The van der Waals surface area contributed by atoms with Crippen molar-refractivity contribution in [1.29, 1.82) is 0 Å². The second-order valence-electron chi connectivity index (χ2n) is 6.28. The number of ether oxygens (including phenoxy) is 1. The van der Waals surface area contributed by atoms with Gasteiger partial charge in [0.1, 0.15) is 5.75 Å². The van der Waals surface area contributed by atoms with E-state index in [9.17, 15) is 13.2 Å². The van der Waals surface area contributed by atoms with Gasteiger partial charge in [-0.3, -0.25) is 9.10 Å². The van der Waals surface area contributed by atoms with E-state index in [0.717, 1.165) is 6.42 Å². The van der Waals surface area contributed by atoms with E-state index in [0.29, 0.717) is 28.6 Å². The molecule has 3 rings (SSSR count). The molecule has 0 aliphatic carbocycles. The highest BCUT2D eigenvalue weighted by molar-refractivity contribution is 7.92. The van der Waals surface area contributed by atoms with Gasteiger partial charge in [0.05, 0.1) is 18.0 Å². The van der Waals surface area contributed by atoms with Crippen LogP contribution in [0.2, 0.25) is 5.02 Å². The van der Waals surface area contributed by atoms with Gasteiger partial charge >= 0.3 is 0 Å². The quantitative estimate of drug-likeness (QED) is 0.797. The molecule has 0 radical (unpaired) electrons. The van der Waals surface area contributed by atoms with Crippen LogP contribution in [0.3, 0.4) is 0 Å². The van der Waals surface area contributed by atoms with Gasteiger partial charge in [-0.2, -0.15) is 0 Å². The Bertz CT molecular complexity index is 933. The van der Waals surface area contributed by atoms with E-state index >= 15 is 0 Å². The number of anilines is 1. The summed E-state index contributed by atoms with van der Waals surface area (Å²) in [6, 6.07) is 13.5. The van der Waals surface area contributed by atoms with Crippen molar-refractivity contribution in [3.8, 4) is 5.75 Å². The van der Waals surface area contributed by atoms with Crippen LogP contribution in [0, 0.1) is 0 Å². The van der Waals surface area contributed by atoms with Crippen molar-refractivity contribution in [2.45, 2.75) is 25.2 Å². The van der Waals surface area contributed by atoms with E-state index in [-0.39, 0.29) is 18.2 Å². The topological polar surface area (TPSA) is 75.7 Å². The average Bonchev–Trinajstić information content (AvgIpc) is 2.64. The molecule has 144 valence electrons. The normalized spacial score (nSPS) is 16.4. The minimum Gasteiger partial charge on any atom is -0.476 e. The van der Waals surface area contributed by atoms with Gasteiger partial charge in [0.25, 0.3) is 5.91 Å². The monoisotopic (exact) mass is 408 g/mol. The van der Waals surface area contributed by atoms with Crippen LogP contribution >= 0.6 is 11.6 Å². The lowest BCUT2D eigenvalue weighted by Crippen LogP contribution is -2.51. The highest BCUT2D eigenvalue weighted by Gasteiger charge is 2.36. The van der Waals surface area contributed by atoms with Gasteiger partial charge in [-0.05, 0) is 36.2 Å². The third-order valence-electron chi connectivity index (χ3n) is 4.15. The van der Waals surface area contributed by atoms with Crippen LogP contribution in [0.4, 0.5) is 5.69 Å². The highest BCUT2D eigenvalue weighted by Crippen LogP contribution is 2.35. The summed E-state index contributed by atoms with van der Waals surface area (Å²) in [5.74, 6) is -0.171. The Morgan fingerprint density at radius 2 is 2.04 bits per heavy atom. The van der Waals surface area contributed by atoms with Gasteiger partial charge in [-0.15, -0.1) is 0 Å². The molecule has 0 fully saturated rings. The van der Waals surface area contributed by atoms with Gasteiger partial charge in [0.15, 0.2) is 6.10 Å². The zero-order chi connectivity index (χ0) is 19.4. The van der Waals surface area contributed by atoms with E-state index in [1.165, 1.54) is 4.31 Å². The second-order valence-corrected chi connectivity index (χ2v) is 8.61. The van der Waals surface area contributed by atoms with Crippen molar-refractivity contribution >= 4 is 33.2 Å². The summed E-state index contributed by atoms with van der Waals surface area (Å²) in [7, 11) is -3.74. The minimum atomic E-state index is -3.74. The van der Waals surface area contributed by atoms with Crippen LogP contribution in [-0.4, -0.2) is 33.5 Å². The number of nitrogens with one attached hydrogen (secondary N) is 1. The zero-order valence-electron chi connectivity index (χ0n) is 14.9. The van der Waals surface area contributed by atoms with Crippen molar-refractivity contribution in [3.05, 3.63) is 59.1 Å². The predicted octanol–water partition coefficient (Wildman–Crippen LogP) is 2.96. The zero-order valence-corrected chi connectivity index (χ0v) is 16.5. The lowest BCUT2D eigenvalue weighted by molar-refractivity contribution is -0.127. The molecule has 2 aromatic carbocycles. The first-order chi connectivity index (χ1) is 12.9. The number of rotatable bonds is 6. The minimum absolute atomic E-state index is 0.0739. The highest BCUT2D eigenvalue weighted by atomic mass is 35.5. The van der Waals surface area contributed by atoms with E-state index in [4.69, 9.17) is 16.3 Å². The number of hydrogen-bond donors (Lipinski definition) is 1. The molecular weight excluding hydrogens is 388 g/mol. The number of carbonyl (C=O) groups excluding carboxylic acids is 1. The molecule has 2 aromatic rings. The summed E-state index contributed by atoms with van der Waals surface area (Å²) in [5.41, 5.74) is 1.01. The molecule has 1 aliphatic rings. The number of halogens is 1. The molecule has 0 aromatic heterocycles. The van der Waals surface area contributed by atoms with Crippen LogP contribution in [0.15, 0.2) is 48.5 Å². The summed E-state index contributed by atoms with van der Waals surface area (Å²) in [5, 5.41) is 3.23. The Hall–Kier alpha value is -2.25. The number of sulfonamides is 1. The Morgan fingerprint density at radius 3 is 2.78 bits per heavy atom. The van der Waals surface area contributed by atoms with Crippen molar-refractivity contribution in [1.82, 2.24) is 5.32 Å². The molecule has 1 heterocycles. The molecular formula is C19H21ClN2O4S. The summed E-state index contributed by atoms with van der Waals surface area (Å²) < 4.78 is 33.2. The summed E-state index contributed by atoms with van der Waals surface area (Å²) >= 11 is 5.97. The smallest absolute Gasteiger partial charge is 0.263 e. The summed E-state index contributed by atoms with van der Waals surface area (Å²) in [6.07, 6.45) is -0.119. The maximum Gasteiger partial charge on any atom is 0.263 e. The average molecular weight is 409 g/mol. The Balaban J connectivity index is 1.90. The molecule has 8 heteroatoms. The van der Waals surface area contributed by atoms with Gasteiger partial charge in [0.2, 0.25) is 10.0 Å². The third-order valence-corrected chi connectivity index (χ3v) is 6.10. The molecule has 0 spiro atoms. The van der Waals surface area contributed by atoms with Crippen LogP contribution in [0.5, 0.6) is 5.75 Å². The third kappa shape index (κ3) is 4.54. The van der Waals surface area contributed by atoms with Crippen LogP contribution in [0.25, 0.3) is 0 Å². The fourth-order valence-electron chi connectivity index (χ4n) is 2.88. The molecule has 27 heavy (non-hydrogen) atoms. The van der Waals surface area contributed by atoms with Crippen molar-refractivity contribution in [3.63, 3.8) is 0 Å². The van der Waals surface area contributed by atoms with Crippen LogP contribution < -0.4 is 14.4 Å². The molecule has 0 saturated carbocycles. The first-order valence-corrected chi connectivity index (χ1v) is 10.7. The lowest BCUT2D eigenvalue weighted by Gasteiger charge is -2.34. The molecule has 0 bridgehead atoms. The first-order valence-electron chi connectivity index (χ1n) is 8.69. The molecule has 1 atom stereocenters. The number of fused-ring (bicyclic) bond motifs is 1. The standard InChI is InChI=1S/C19H21ClN2O4S/c1-2-10-21-19(23)18-12-22(16-8-3-4-9-17(16)26-18)27(24,25)13-14-6-5-7-15(20)11-14/h3-9,11,18H,2,10,12-13H2,1H3,(H,21,23). The summed E-state index contributed by atoms with van der Waals surface area (Å²) in [6.45, 7) is 2.38. The van der Waals surface area contributed by atoms with E-state index < -0.39 is 16.1 Å². The number of hydrogen-bond acceptors (Lipinski definition) is 4. The van der Waals surface area contributed by atoms with Gasteiger partial charge < -0.3 is 10.1 Å². The summed E-state index contributed by atoms with van der Waals surface area (Å²) in [4.78, 5) is 12.4. The number of amides is 1. The number of para-hydroxylation sites is 2. The molecule has 6 nitrogen and oxygen atoms in total. The van der Waals surface area contributed by atoms with E-state index in [2.05, 4.69) is 5.32 Å². The molecule has 1 amide bonds. The molecule has 1 unspecified atom stereocenters. The van der Waals surface area contributed by atoms with Crippen molar-refractivity contribution < 1.29 is 17.9 Å². The maximum absolute atomic E-state index is 13.1. The fraction of sp³-hybridized carbons (Fsp3) is 0.316. The van der Waals surface area contributed by atoms with E-state index in [1.54, 1.807) is 48.5 Å². The van der Waals surface area contributed by atoms with Crippen molar-refractivity contribution in [2.75, 3.05) is 17.4 Å². The van der Waals surface area contributed by atoms with E-state index in [1.807, 2.05) is 6.92 Å². The maximum atomic E-state index is 13.1. The van der Waals surface area contributed by atoms with Gasteiger partial charge in [0, 0.05) is 11.6 Å². The molecule has 0 saturated heterocycles. The number of carbonyl (C=O) groups is 1. The second kappa shape index (κ2) is 8.19. The first kappa shape index (κ1) is 19.5. The van der Waals surface area contributed by atoms with Crippen LogP contribution in [-0.2, 0) is 20.6 Å². The number of nitrogens with zero attached hydrogens (tertiary/aromatic N) is 1. The van der Waals surface area contributed by atoms with Gasteiger partial charge in [-0.25, -0.2) is 8.42 Å². The molecule has 1 N–H and O–H groups in total.